The zero-order valence-corrected chi connectivity index (χ0v) is 21.4. The summed E-state index contributed by atoms with van der Waals surface area (Å²) < 4.78 is 5.71. The molecular formula is C30H52O2. The van der Waals surface area contributed by atoms with Crippen molar-refractivity contribution in [3.8, 4) is 0 Å². The minimum atomic E-state index is -0.0978. The maximum Gasteiger partial charge on any atom is 0.313 e. The molecule has 1 atom stereocenters. The molecular weight excluding hydrogens is 392 g/mol. The minimum Gasteiger partial charge on any atom is -0.465 e. The van der Waals surface area contributed by atoms with Crippen molar-refractivity contribution in [3.63, 3.8) is 0 Å². The van der Waals surface area contributed by atoms with E-state index in [0.29, 0.717) is 6.61 Å². The highest BCUT2D eigenvalue weighted by molar-refractivity contribution is 5.78. The Kier molecular flexibility index (Phi) is 19.3. The molecule has 0 amide bonds. The Bertz CT molecular complexity index is 525. The second-order valence-corrected chi connectivity index (χ2v) is 9.58. The summed E-state index contributed by atoms with van der Waals surface area (Å²) >= 11 is 0. The number of ether oxygens (including phenoxy) is 1. The van der Waals surface area contributed by atoms with Gasteiger partial charge in [-0.05, 0) is 18.4 Å². The van der Waals surface area contributed by atoms with Crippen LogP contribution >= 0.6 is 0 Å². The molecule has 1 aromatic carbocycles. The summed E-state index contributed by atoms with van der Waals surface area (Å²) in [4.78, 5) is 12.8. The number of carbonyl (C=O) groups is 1. The number of rotatable bonds is 22. The van der Waals surface area contributed by atoms with Crippen LogP contribution in [0.15, 0.2) is 30.3 Å². The van der Waals surface area contributed by atoms with Crippen molar-refractivity contribution in [2.75, 3.05) is 6.61 Å². The van der Waals surface area contributed by atoms with Crippen LogP contribution in [0.25, 0.3) is 0 Å². The van der Waals surface area contributed by atoms with E-state index < -0.39 is 0 Å². The summed E-state index contributed by atoms with van der Waals surface area (Å²) in [7, 11) is 0. The molecule has 0 saturated heterocycles. The van der Waals surface area contributed by atoms with Gasteiger partial charge in [-0.3, -0.25) is 4.79 Å². The fourth-order valence-electron chi connectivity index (χ4n) is 4.45. The quantitative estimate of drug-likeness (QED) is 0.131. The molecule has 1 rings (SSSR count). The van der Waals surface area contributed by atoms with Crippen LogP contribution in [0, 0.1) is 0 Å². The number of carbonyl (C=O) groups excluding carboxylic acids is 1. The number of hydrogen-bond acceptors (Lipinski definition) is 2. The fraction of sp³-hybridized carbons (Fsp3) is 0.767. The zero-order chi connectivity index (χ0) is 23.1. The van der Waals surface area contributed by atoms with Gasteiger partial charge in [-0.1, -0.05) is 153 Å². The van der Waals surface area contributed by atoms with E-state index in [0.717, 1.165) is 24.8 Å². The van der Waals surface area contributed by atoms with E-state index in [9.17, 15) is 4.79 Å². The Balaban J connectivity index is 2.19. The molecule has 0 bridgehead atoms. The van der Waals surface area contributed by atoms with Crippen molar-refractivity contribution in [3.05, 3.63) is 35.9 Å². The summed E-state index contributed by atoms with van der Waals surface area (Å²) in [6.45, 7) is 5.11. The molecule has 2 nitrogen and oxygen atoms in total. The van der Waals surface area contributed by atoms with E-state index >= 15 is 0 Å². The minimum absolute atomic E-state index is 0.0185. The third-order valence-corrected chi connectivity index (χ3v) is 6.58. The van der Waals surface area contributed by atoms with Gasteiger partial charge in [0.15, 0.2) is 0 Å². The van der Waals surface area contributed by atoms with Crippen LogP contribution in [0.3, 0.4) is 0 Å². The Hall–Kier alpha value is -1.31. The van der Waals surface area contributed by atoms with Gasteiger partial charge in [0.1, 0.15) is 0 Å². The molecule has 0 fully saturated rings. The van der Waals surface area contributed by atoms with E-state index in [1.165, 1.54) is 103 Å². The molecule has 0 heterocycles. The van der Waals surface area contributed by atoms with Crippen molar-refractivity contribution >= 4 is 5.97 Å². The highest BCUT2D eigenvalue weighted by Gasteiger charge is 2.21. The van der Waals surface area contributed by atoms with E-state index in [1.54, 1.807) is 0 Å². The first-order valence-corrected chi connectivity index (χ1v) is 14.0. The number of unbranched alkanes of at least 4 members (excludes halogenated alkanes) is 16. The molecule has 32 heavy (non-hydrogen) atoms. The Morgan fingerprint density at radius 2 is 1.06 bits per heavy atom. The molecule has 1 unspecified atom stereocenters. The van der Waals surface area contributed by atoms with E-state index in [1.807, 2.05) is 18.2 Å². The van der Waals surface area contributed by atoms with Gasteiger partial charge >= 0.3 is 5.97 Å². The number of esters is 1. The average Bonchev–Trinajstić information content (AvgIpc) is 2.82. The van der Waals surface area contributed by atoms with Crippen LogP contribution in [0.1, 0.15) is 147 Å². The van der Waals surface area contributed by atoms with Crippen molar-refractivity contribution in [1.29, 1.82) is 0 Å². The van der Waals surface area contributed by atoms with E-state index in [-0.39, 0.29) is 11.9 Å². The first-order valence-electron chi connectivity index (χ1n) is 14.0. The fourth-order valence-corrected chi connectivity index (χ4v) is 4.45. The van der Waals surface area contributed by atoms with Crippen LogP contribution in [0.4, 0.5) is 0 Å². The lowest BCUT2D eigenvalue weighted by Crippen LogP contribution is -2.17. The van der Waals surface area contributed by atoms with Crippen LogP contribution in [0.5, 0.6) is 0 Å². The molecule has 2 heteroatoms. The molecule has 0 spiro atoms. The topological polar surface area (TPSA) is 26.3 Å². The van der Waals surface area contributed by atoms with Crippen LogP contribution in [-0.4, -0.2) is 12.6 Å². The van der Waals surface area contributed by atoms with Crippen molar-refractivity contribution in [2.24, 2.45) is 0 Å². The predicted octanol–water partition coefficient (Wildman–Crippen LogP) is 9.77. The standard InChI is InChI=1S/C30H52O2/c1-3-5-7-9-11-13-14-16-18-23-27-32-30(31)29(28-24-20-19-21-25-28)26-22-17-15-12-10-8-6-4-2/h19-21,24-25,29H,3-18,22-23,26-27H2,1-2H3. The third-order valence-electron chi connectivity index (χ3n) is 6.58. The summed E-state index contributed by atoms with van der Waals surface area (Å²) in [5.41, 5.74) is 1.11. The van der Waals surface area contributed by atoms with Gasteiger partial charge in [-0.25, -0.2) is 0 Å². The number of hydrogen-bond donors (Lipinski definition) is 0. The van der Waals surface area contributed by atoms with Gasteiger partial charge in [-0.15, -0.1) is 0 Å². The van der Waals surface area contributed by atoms with Gasteiger partial charge in [-0.2, -0.15) is 0 Å². The molecule has 184 valence electrons. The zero-order valence-electron chi connectivity index (χ0n) is 21.4. The lowest BCUT2D eigenvalue weighted by Gasteiger charge is -2.16. The molecule has 0 saturated carbocycles. The summed E-state index contributed by atoms with van der Waals surface area (Å²) in [5, 5.41) is 0. The Morgan fingerprint density at radius 1 is 0.625 bits per heavy atom. The predicted molar refractivity (Wildman–Crippen MR) is 139 cm³/mol. The normalized spacial score (nSPS) is 12.1. The SMILES string of the molecule is CCCCCCCCCCCCOC(=O)C(CCCCCCCCCC)c1ccccc1. The Morgan fingerprint density at radius 3 is 1.56 bits per heavy atom. The van der Waals surface area contributed by atoms with Crippen molar-refractivity contribution in [1.82, 2.24) is 0 Å². The molecule has 0 aromatic heterocycles. The first kappa shape index (κ1) is 28.7. The Labute approximate surface area is 199 Å². The maximum atomic E-state index is 12.8. The largest absolute Gasteiger partial charge is 0.465 e. The van der Waals surface area contributed by atoms with E-state index in [2.05, 4.69) is 26.0 Å². The van der Waals surface area contributed by atoms with Crippen LogP contribution in [-0.2, 0) is 9.53 Å². The average molecular weight is 445 g/mol. The first-order chi connectivity index (χ1) is 15.8. The third kappa shape index (κ3) is 15.5. The van der Waals surface area contributed by atoms with Crippen LogP contribution < -0.4 is 0 Å². The molecule has 0 radical (unpaired) electrons. The van der Waals surface area contributed by atoms with Gasteiger partial charge in [0.25, 0.3) is 0 Å². The van der Waals surface area contributed by atoms with Gasteiger partial charge in [0.2, 0.25) is 0 Å². The summed E-state index contributed by atoms with van der Waals surface area (Å²) in [5.74, 6) is -0.116. The van der Waals surface area contributed by atoms with Gasteiger partial charge in [0, 0.05) is 0 Å². The summed E-state index contributed by atoms with van der Waals surface area (Å²) in [6.07, 6.45) is 24.3. The molecule has 0 aliphatic rings. The summed E-state index contributed by atoms with van der Waals surface area (Å²) in [6, 6.07) is 10.2. The number of benzene rings is 1. The highest BCUT2D eigenvalue weighted by atomic mass is 16.5. The molecule has 0 aliphatic heterocycles. The second kappa shape index (κ2) is 21.5. The smallest absolute Gasteiger partial charge is 0.313 e. The second-order valence-electron chi connectivity index (χ2n) is 9.58. The van der Waals surface area contributed by atoms with Crippen molar-refractivity contribution in [2.45, 2.75) is 142 Å². The maximum absolute atomic E-state index is 12.8. The monoisotopic (exact) mass is 444 g/mol. The van der Waals surface area contributed by atoms with Crippen LogP contribution in [0.2, 0.25) is 0 Å². The van der Waals surface area contributed by atoms with Gasteiger partial charge < -0.3 is 4.74 Å². The lowest BCUT2D eigenvalue weighted by atomic mass is 9.93. The molecule has 1 aromatic rings. The van der Waals surface area contributed by atoms with Crippen molar-refractivity contribution < 1.29 is 9.53 Å². The lowest BCUT2D eigenvalue weighted by molar-refractivity contribution is -0.145. The van der Waals surface area contributed by atoms with Gasteiger partial charge in [0.05, 0.1) is 12.5 Å². The van der Waals surface area contributed by atoms with E-state index in [4.69, 9.17) is 4.74 Å². The highest BCUT2D eigenvalue weighted by Crippen LogP contribution is 2.25. The molecule has 0 N–H and O–H groups in total. The molecule has 0 aliphatic carbocycles.